The molecule has 5 rings (SSSR count). The first-order valence-electron chi connectivity index (χ1n) is 27.0. The van der Waals surface area contributed by atoms with E-state index < -0.39 is 192 Å². The molecule has 29 atom stereocenters. The van der Waals surface area contributed by atoms with Crippen molar-refractivity contribution in [1.82, 2.24) is 0 Å². The fourth-order valence-electron chi connectivity index (χ4n) is 9.53. The summed E-state index contributed by atoms with van der Waals surface area (Å²) in [5.74, 6) is -0.235. The van der Waals surface area contributed by atoms with Crippen LogP contribution in [-0.2, 0) is 56.8 Å². The number of ether oxygens (including phenoxy) is 12. The molecule has 5 aliphatic heterocycles. The van der Waals surface area contributed by atoms with Crippen molar-refractivity contribution < 1.29 is 144 Å². The number of rotatable bonds is 23. The number of aliphatic hydroxyl groups is 17. The van der Waals surface area contributed by atoms with Crippen LogP contribution in [0.2, 0.25) is 0 Å². The molecule has 0 amide bonds. The summed E-state index contributed by atoms with van der Waals surface area (Å²) in [5, 5.41) is 170. The van der Waals surface area contributed by atoms with E-state index in [-0.39, 0.29) is 50.0 Å². The van der Waals surface area contributed by atoms with E-state index in [0.29, 0.717) is 0 Å². The molecule has 0 aromatic rings. The van der Waals surface area contributed by atoms with Gasteiger partial charge in [0, 0.05) is 13.0 Å². The zero-order chi connectivity index (χ0) is 59.9. The van der Waals surface area contributed by atoms with Gasteiger partial charge in [0.15, 0.2) is 18.9 Å². The summed E-state index contributed by atoms with van der Waals surface area (Å²) in [4.78, 5) is 0. The molecule has 470 valence electrons. The molecule has 5 fully saturated rings. The highest BCUT2D eigenvalue weighted by Crippen LogP contribution is 2.34. The van der Waals surface area contributed by atoms with Crippen LogP contribution in [0.4, 0.5) is 0 Å². The zero-order valence-electron chi connectivity index (χ0n) is 46.9. The Balaban J connectivity index is 0.000000312. The Morgan fingerprint density at radius 2 is 0.785 bits per heavy atom. The van der Waals surface area contributed by atoms with Gasteiger partial charge in [-0.1, -0.05) is 13.8 Å². The Bertz CT molecular complexity index is 1590. The maximum atomic E-state index is 10.7. The van der Waals surface area contributed by atoms with E-state index in [2.05, 4.69) is 0 Å². The highest BCUT2D eigenvalue weighted by molar-refractivity contribution is 4.98. The molecule has 0 radical (unpaired) electrons. The molecule has 5 aliphatic rings. The van der Waals surface area contributed by atoms with Gasteiger partial charge in [-0.15, -0.1) is 0 Å². The average Bonchev–Trinajstić information content (AvgIpc) is 3.44. The van der Waals surface area contributed by atoms with Crippen LogP contribution in [0.15, 0.2) is 0 Å². The predicted octanol–water partition coefficient (Wildman–Crippen LogP) is -6.77. The van der Waals surface area contributed by atoms with Crippen molar-refractivity contribution >= 4 is 0 Å². The van der Waals surface area contributed by atoms with Gasteiger partial charge in [0.25, 0.3) is 0 Å². The number of aliphatic hydroxyl groups excluding tert-OH is 17. The van der Waals surface area contributed by atoms with Gasteiger partial charge in [-0.25, -0.2) is 0 Å². The minimum absolute atomic E-state index is 0.0757. The van der Waals surface area contributed by atoms with Gasteiger partial charge in [0.1, 0.15) is 128 Å². The van der Waals surface area contributed by atoms with Crippen LogP contribution in [0.25, 0.3) is 0 Å². The lowest BCUT2D eigenvalue weighted by Crippen LogP contribution is -2.64. The fourth-order valence-corrected chi connectivity index (χ4v) is 9.53. The summed E-state index contributed by atoms with van der Waals surface area (Å²) in [7, 11) is 1.47. The lowest BCUT2D eigenvalue weighted by molar-refractivity contribution is -0.346. The van der Waals surface area contributed by atoms with E-state index in [1.807, 2.05) is 13.8 Å². The normalized spacial score (nSPS) is 42.6. The Labute approximate surface area is 460 Å². The van der Waals surface area contributed by atoms with Gasteiger partial charge in [-0.05, 0) is 61.8 Å². The van der Waals surface area contributed by atoms with Crippen LogP contribution < -0.4 is 0 Å². The number of methoxy groups -OCH3 is 1. The molecule has 0 aromatic carbocycles. The Kier molecular flexibility index (Phi) is 31.1. The third kappa shape index (κ3) is 19.2. The van der Waals surface area contributed by atoms with Gasteiger partial charge in [0.2, 0.25) is 0 Å². The highest BCUT2D eigenvalue weighted by atomic mass is 16.7. The van der Waals surface area contributed by atoms with Gasteiger partial charge in [0.05, 0.1) is 82.4 Å². The van der Waals surface area contributed by atoms with Crippen LogP contribution >= 0.6 is 0 Å². The van der Waals surface area contributed by atoms with E-state index in [1.54, 1.807) is 55.4 Å². The lowest BCUT2D eigenvalue weighted by Gasteiger charge is -2.47. The average molecular weight is 1160 g/mol. The second-order valence-corrected chi connectivity index (χ2v) is 21.3. The van der Waals surface area contributed by atoms with Crippen LogP contribution in [-0.4, -0.2) is 323 Å². The summed E-state index contributed by atoms with van der Waals surface area (Å²) in [6.45, 7) is 14.5. The lowest BCUT2D eigenvalue weighted by atomic mass is 9.88. The topological polar surface area (TPSA) is 455 Å². The van der Waals surface area contributed by atoms with Crippen molar-refractivity contribution in [2.45, 2.75) is 265 Å². The van der Waals surface area contributed by atoms with Crippen molar-refractivity contribution in [3.8, 4) is 0 Å². The maximum absolute atomic E-state index is 10.7. The third-order valence-electron chi connectivity index (χ3n) is 14.1. The molecule has 0 saturated carbocycles. The van der Waals surface area contributed by atoms with E-state index in [4.69, 9.17) is 56.8 Å². The minimum atomic E-state index is -1.57. The second-order valence-electron chi connectivity index (χ2n) is 21.3. The molecule has 0 bridgehead atoms. The standard InChI is InChI=1S/C18H34O9.C16H30O10.C16H32O10/c1-8(2)24-17-14(21)12(7-23-5)26-18(15(17)22)27-16-11(6-19)25-10(4)9(3)13(16)20;1-6(2)23-15-11(20)8(4-17)25-16(13(15)22)26-14-9(5-18)24-7(3)10(19)12(14)21;1-4-8(19)11(21)14(9(20)5-17)26-16-13(23)15(24-7(2)3)12(22)10(6-18)25-16/h8-22H,6-7H2,1-5H3;6-22H,4-5H2,1-3H3;7-23H,4-6H2,1-3H3/t9?,10-,11?,12?,13+,14-,15?,16+,17-,18-;7?,8?,9?,10?,11-,12+,13?,14+,15-,16-;8?,9?,10?,11-,12+,13?,14-,15+,16+/m001/s1. The summed E-state index contributed by atoms with van der Waals surface area (Å²) in [5.41, 5.74) is 0. The molecule has 29 nitrogen and oxygen atoms in total. The summed E-state index contributed by atoms with van der Waals surface area (Å²) >= 11 is 0. The number of hydrogen-bond acceptors (Lipinski definition) is 29. The van der Waals surface area contributed by atoms with Gasteiger partial charge >= 0.3 is 0 Å². The monoisotopic (exact) mass is 1160 g/mol. The first kappa shape index (κ1) is 72.1. The van der Waals surface area contributed by atoms with E-state index in [0.717, 1.165) is 0 Å². The molecule has 5 saturated heterocycles. The first-order valence-corrected chi connectivity index (χ1v) is 27.0. The van der Waals surface area contributed by atoms with Crippen molar-refractivity contribution in [3.63, 3.8) is 0 Å². The molecular formula is C50H96O29. The van der Waals surface area contributed by atoms with Crippen LogP contribution in [0.1, 0.15) is 75.7 Å². The van der Waals surface area contributed by atoms with Crippen LogP contribution in [0, 0.1) is 5.92 Å². The molecule has 5 heterocycles. The maximum Gasteiger partial charge on any atom is 0.187 e. The second kappa shape index (κ2) is 34.1. The summed E-state index contributed by atoms with van der Waals surface area (Å²) in [6, 6.07) is 0. The van der Waals surface area contributed by atoms with Crippen molar-refractivity contribution in [1.29, 1.82) is 0 Å². The molecule has 0 aliphatic carbocycles. The van der Waals surface area contributed by atoms with Crippen molar-refractivity contribution in [2.24, 2.45) is 5.92 Å². The molecule has 29 heteroatoms. The van der Waals surface area contributed by atoms with Gasteiger partial charge < -0.3 is 144 Å². The van der Waals surface area contributed by atoms with Gasteiger partial charge in [-0.3, -0.25) is 0 Å². The Hall–Kier alpha value is -1.16. The van der Waals surface area contributed by atoms with E-state index >= 15 is 0 Å². The smallest absolute Gasteiger partial charge is 0.187 e. The highest BCUT2D eigenvalue weighted by Gasteiger charge is 2.53. The molecule has 13 unspecified atom stereocenters. The fraction of sp³-hybridized carbons (Fsp3) is 1.00. The first-order chi connectivity index (χ1) is 37.1. The quantitative estimate of drug-likeness (QED) is 0.0452. The van der Waals surface area contributed by atoms with Crippen LogP contribution in [0.5, 0.6) is 0 Å². The summed E-state index contributed by atoms with van der Waals surface area (Å²) < 4.78 is 66.2. The minimum Gasteiger partial charge on any atom is -0.394 e. The zero-order valence-corrected chi connectivity index (χ0v) is 46.9. The SMILES string of the molecule is CC(C)O[C@@H]1C(O)[C@H](O[C@@H]2C(CO)OC(C)C(O)[C@H]2O)OC(CO)[C@@H]1O.CCC(O)[C@@H](O)[C@H](O[C@@H]1OC(CO)[C@H](O)[C@H](OC(C)C)C1O)C(O)CO.COCC1O[C@@H](O[C@@H]2C(CO)O[C@@H](C)C(C)[C@H]2O)C(O)[C@@H](OC(C)C)[C@H]1O. The molecule has 0 spiro atoms. The van der Waals surface area contributed by atoms with Crippen LogP contribution in [0.3, 0.4) is 0 Å². The molecule has 17 N–H and O–H groups in total. The molecular weight excluding hydrogens is 1060 g/mol. The Morgan fingerprint density at radius 1 is 0.405 bits per heavy atom. The van der Waals surface area contributed by atoms with Gasteiger partial charge in [-0.2, -0.15) is 0 Å². The third-order valence-corrected chi connectivity index (χ3v) is 14.1. The predicted molar refractivity (Wildman–Crippen MR) is 268 cm³/mol. The Morgan fingerprint density at radius 3 is 1.18 bits per heavy atom. The molecule has 79 heavy (non-hydrogen) atoms. The van der Waals surface area contributed by atoms with E-state index in [9.17, 15) is 86.8 Å². The number of hydrogen-bond donors (Lipinski definition) is 17. The van der Waals surface area contributed by atoms with Crippen molar-refractivity contribution in [3.05, 3.63) is 0 Å². The molecule has 0 aromatic heterocycles. The largest absolute Gasteiger partial charge is 0.394 e. The summed E-state index contributed by atoms with van der Waals surface area (Å²) in [6.07, 6.45) is -33.2. The van der Waals surface area contributed by atoms with E-state index in [1.165, 1.54) is 7.11 Å². The van der Waals surface area contributed by atoms with Crippen molar-refractivity contribution in [2.75, 3.05) is 46.8 Å².